The molecule has 2 nitrogen and oxygen atoms in total. The minimum absolute atomic E-state index is 0.0476. The number of carbonyl (C=O) groups excluding carboxylic acids is 1. The normalized spacial score (nSPS) is 22.4. The van der Waals surface area contributed by atoms with E-state index in [1.807, 2.05) is 20.8 Å². The molecule has 1 fully saturated rings. The molecule has 1 unspecified atom stereocenters. The number of halogens is 5. The van der Waals surface area contributed by atoms with Crippen LogP contribution in [0.1, 0.15) is 27.2 Å². The summed E-state index contributed by atoms with van der Waals surface area (Å²) in [5.74, 6) is -7.49. The maximum atomic E-state index is 12.9. The van der Waals surface area contributed by atoms with E-state index in [0.29, 0.717) is 11.3 Å². The average Bonchev–Trinajstić information content (AvgIpc) is 2.62. The van der Waals surface area contributed by atoms with E-state index in [9.17, 15) is 26.7 Å². The van der Waals surface area contributed by atoms with Gasteiger partial charge in [-0.25, -0.2) is 0 Å². The first-order valence-electron chi connectivity index (χ1n) is 5.61. The molecule has 0 saturated carbocycles. The van der Waals surface area contributed by atoms with Crippen LogP contribution >= 0.6 is 0 Å². The van der Waals surface area contributed by atoms with E-state index in [4.69, 9.17) is 0 Å². The van der Waals surface area contributed by atoms with Crippen molar-refractivity contribution in [2.45, 2.75) is 39.3 Å². The highest BCUT2D eigenvalue weighted by molar-refractivity contribution is 5.84. The van der Waals surface area contributed by atoms with E-state index in [2.05, 4.69) is 0 Å². The van der Waals surface area contributed by atoms with Crippen LogP contribution in [0, 0.1) is 11.3 Å². The van der Waals surface area contributed by atoms with Crippen molar-refractivity contribution >= 4 is 5.91 Å². The Hall–Kier alpha value is -0.880. The lowest BCUT2D eigenvalue weighted by Crippen LogP contribution is -2.51. The van der Waals surface area contributed by atoms with Crippen molar-refractivity contribution in [1.82, 2.24) is 4.90 Å². The van der Waals surface area contributed by atoms with E-state index in [1.165, 1.54) is 0 Å². The third-order valence-electron chi connectivity index (χ3n) is 3.32. The highest BCUT2D eigenvalue weighted by atomic mass is 19.4. The molecule has 0 radical (unpaired) electrons. The summed E-state index contributed by atoms with van der Waals surface area (Å²) in [6.07, 6.45) is -5.38. The van der Waals surface area contributed by atoms with E-state index in [1.54, 1.807) is 0 Å². The van der Waals surface area contributed by atoms with Crippen LogP contribution < -0.4 is 0 Å². The minimum Gasteiger partial charge on any atom is -0.337 e. The van der Waals surface area contributed by atoms with Crippen molar-refractivity contribution in [3.05, 3.63) is 0 Å². The summed E-state index contributed by atoms with van der Waals surface area (Å²) in [5.41, 5.74) is -0.220. The molecule has 106 valence electrons. The van der Waals surface area contributed by atoms with Gasteiger partial charge in [-0.05, 0) is 17.8 Å². The fraction of sp³-hybridized carbons (Fsp3) is 0.909. The second-order valence-corrected chi connectivity index (χ2v) is 5.67. The third-order valence-corrected chi connectivity index (χ3v) is 3.32. The van der Waals surface area contributed by atoms with Crippen LogP contribution in [-0.4, -0.2) is 36.0 Å². The number of hydrogen-bond donors (Lipinski definition) is 0. The third kappa shape index (κ3) is 2.75. The number of amides is 1. The molecule has 1 heterocycles. The Kier molecular flexibility index (Phi) is 3.66. The van der Waals surface area contributed by atoms with Gasteiger partial charge in [0.1, 0.15) is 0 Å². The highest BCUT2D eigenvalue weighted by Gasteiger charge is 2.65. The van der Waals surface area contributed by atoms with E-state index >= 15 is 0 Å². The summed E-state index contributed by atoms with van der Waals surface area (Å²) in [6, 6.07) is 0. The lowest BCUT2D eigenvalue weighted by Gasteiger charge is -2.28. The van der Waals surface area contributed by atoms with Crippen molar-refractivity contribution in [1.29, 1.82) is 0 Å². The fourth-order valence-electron chi connectivity index (χ4n) is 1.97. The Balaban J connectivity index is 2.78. The van der Waals surface area contributed by atoms with Crippen molar-refractivity contribution in [2.75, 3.05) is 13.1 Å². The van der Waals surface area contributed by atoms with Gasteiger partial charge in [-0.1, -0.05) is 20.8 Å². The molecule has 0 N–H and O–H groups in total. The monoisotopic (exact) mass is 273 g/mol. The zero-order chi connectivity index (χ0) is 14.4. The van der Waals surface area contributed by atoms with Gasteiger partial charge in [0.25, 0.3) is 0 Å². The van der Waals surface area contributed by atoms with Crippen molar-refractivity contribution in [3.8, 4) is 0 Å². The topological polar surface area (TPSA) is 20.3 Å². The summed E-state index contributed by atoms with van der Waals surface area (Å²) < 4.78 is 62.0. The van der Waals surface area contributed by atoms with Crippen LogP contribution in [0.25, 0.3) is 0 Å². The molecule has 0 spiro atoms. The molecule has 0 aromatic heterocycles. The SMILES string of the molecule is CC(C)(C)C1CCN(C(=O)C(F)(F)C(F)(F)F)C1. The molecule has 0 bridgehead atoms. The molecule has 1 aliphatic heterocycles. The Morgan fingerprint density at radius 2 is 1.61 bits per heavy atom. The van der Waals surface area contributed by atoms with E-state index < -0.39 is 18.0 Å². The number of likely N-dealkylation sites (tertiary alicyclic amines) is 1. The predicted octanol–water partition coefficient (Wildman–Crippen LogP) is 3.08. The Morgan fingerprint density at radius 1 is 1.11 bits per heavy atom. The van der Waals surface area contributed by atoms with Gasteiger partial charge in [-0.2, -0.15) is 22.0 Å². The molecule has 1 saturated heterocycles. The van der Waals surface area contributed by atoms with Gasteiger partial charge in [-0.15, -0.1) is 0 Å². The van der Waals surface area contributed by atoms with Crippen LogP contribution in [0.5, 0.6) is 0 Å². The average molecular weight is 273 g/mol. The Bertz CT molecular complexity index is 331. The van der Waals surface area contributed by atoms with Crippen LogP contribution in [0.15, 0.2) is 0 Å². The maximum Gasteiger partial charge on any atom is 0.463 e. The van der Waals surface area contributed by atoms with Gasteiger partial charge >= 0.3 is 18.0 Å². The van der Waals surface area contributed by atoms with Gasteiger partial charge in [0.2, 0.25) is 0 Å². The van der Waals surface area contributed by atoms with Crippen LogP contribution in [-0.2, 0) is 4.79 Å². The molecule has 1 aliphatic rings. The zero-order valence-corrected chi connectivity index (χ0v) is 10.4. The molecule has 0 aromatic rings. The summed E-state index contributed by atoms with van der Waals surface area (Å²) in [7, 11) is 0. The first-order chi connectivity index (χ1) is 7.87. The largest absolute Gasteiger partial charge is 0.463 e. The second-order valence-electron chi connectivity index (χ2n) is 5.67. The summed E-state index contributed by atoms with van der Waals surface area (Å²) in [6.45, 7) is 5.51. The zero-order valence-electron chi connectivity index (χ0n) is 10.4. The van der Waals surface area contributed by atoms with E-state index in [0.717, 1.165) is 0 Å². The second kappa shape index (κ2) is 4.35. The fourth-order valence-corrected chi connectivity index (χ4v) is 1.97. The van der Waals surface area contributed by atoms with Crippen molar-refractivity contribution in [3.63, 3.8) is 0 Å². The molecule has 1 rings (SSSR count). The number of carbonyl (C=O) groups is 1. The predicted molar refractivity (Wildman–Crippen MR) is 55.1 cm³/mol. The molecule has 0 aromatic carbocycles. The summed E-state index contributed by atoms with van der Waals surface area (Å²) in [5, 5.41) is 0. The van der Waals surface area contributed by atoms with E-state index in [-0.39, 0.29) is 24.4 Å². The van der Waals surface area contributed by atoms with Gasteiger partial charge in [0, 0.05) is 13.1 Å². The highest BCUT2D eigenvalue weighted by Crippen LogP contribution is 2.40. The molecule has 1 atom stereocenters. The molecule has 18 heavy (non-hydrogen) atoms. The molecular weight excluding hydrogens is 257 g/mol. The number of rotatable bonds is 1. The smallest absolute Gasteiger partial charge is 0.337 e. The van der Waals surface area contributed by atoms with Gasteiger partial charge in [0.05, 0.1) is 0 Å². The van der Waals surface area contributed by atoms with Gasteiger partial charge in [0.15, 0.2) is 0 Å². The lowest BCUT2D eigenvalue weighted by atomic mass is 9.80. The quantitative estimate of drug-likeness (QED) is 0.672. The van der Waals surface area contributed by atoms with Crippen LogP contribution in [0.2, 0.25) is 0 Å². The summed E-state index contributed by atoms with van der Waals surface area (Å²) >= 11 is 0. The standard InChI is InChI=1S/C11H16F5NO/c1-9(2,3)7-4-5-17(6-7)8(18)10(12,13)11(14,15)16/h7H,4-6H2,1-3H3. The van der Waals surface area contributed by atoms with Crippen LogP contribution in [0.3, 0.4) is 0 Å². The minimum atomic E-state index is -5.83. The Morgan fingerprint density at radius 3 is 1.94 bits per heavy atom. The summed E-state index contributed by atoms with van der Waals surface area (Å²) in [4.78, 5) is 11.9. The Labute approximate surface area is 102 Å². The number of alkyl halides is 5. The first kappa shape index (κ1) is 15.2. The molecule has 7 heteroatoms. The van der Waals surface area contributed by atoms with Crippen LogP contribution in [0.4, 0.5) is 22.0 Å². The number of nitrogens with zero attached hydrogens (tertiary/aromatic N) is 1. The molecular formula is C11H16F5NO. The van der Waals surface area contributed by atoms with Gasteiger partial charge in [-0.3, -0.25) is 4.79 Å². The maximum absolute atomic E-state index is 12.9. The number of hydrogen-bond acceptors (Lipinski definition) is 1. The van der Waals surface area contributed by atoms with Gasteiger partial charge < -0.3 is 4.90 Å². The lowest BCUT2D eigenvalue weighted by molar-refractivity contribution is -0.274. The molecule has 1 amide bonds. The van der Waals surface area contributed by atoms with Crippen molar-refractivity contribution < 1.29 is 26.7 Å². The molecule has 0 aliphatic carbocycles. The first-order valence-corrected chi connectivity index (χ1v) is 5.61. The van der Waals surface area contributed by atoms with Crippen molar-refractivity contribution in [2.24, 2.45) is 11.3 Å².